The SMILES string of the molecule is c1ccc(-c2nc(-c3ccc(-c4ccc5c(c4)sc4ccccc45)cc3)cc(-c3ccc4c(c3)C3(c5ccccc5S4)c4ccccc4-c4ccccc43)n2)cc1. The van der Waals surface area contributed by atoms with E-state index in [0.29, 0.717) is 5.82 Å². The Kier molecular flexibility index (Phi) is 7.28. The minimum absolute atomic E-state index is 0.451. The minimum Gasteiger partial charge on any atom is -0.228 e. The molecule has 0 saturated heterocycles. The summed E-state index contributed by atoms with van der Waals surface area (Å²) >= 11 is 3.72. The van der Waals surface area contributed by atoms with Gasteiger partial charge < -0.3 is 0 Å². The quantitative estimate of drug-likeness (QED) is 0.179. The second kappa shape index (κ2) is 12.7. The second-order valence-electron chi connectivity index (χ2n) is 14.9. The highest BCUT2D eigenvalue weighted by Crippen LogP contribution is 2.62. The van der Waals surface area contributed by atoms with Gasteiger partial charge in [-0.15, -0.1) is 11.3 Å². The Bertz CT molecular complexity index is 3170. The van der Waals surface area contributed by atoms with Crippen LogP contribution in [0.15, 0.2) is 204 Å². The van der Waals surface area contributed by atoms with Crippen molar-refractivity contribution < 1.29 is 0 Å². The molecule has 1 spiro atoms. The van der Waals surface area contributed by atoms with E-state index in [1.54, 1.807) is 0 Å². The van der Waals surface area contributed by atoms with E-state index in [-0.39, 0.29) is 0 Å². The largest absolute Gasteiger partial charge is 0.228 e. The molecule has 2 aliphatic rings. The lowest BCUT2D eigenvalue weighted by Gasteiger charge is -2.39. The van der Waals surface area contributed by atoms with Gasteiger partial charge in [0.25, 0.3) is 0 Å². The van der Waals surface area contributed by atoms with E-state index in [1.807, 2.05) is 29.2 Å². The highest BCUT2D eigenvalue weighted by Gasteiger charge is 2.50. The van der Waals surface area contributed by atoms with Crippen molar-refractivity contribution in [2.75, 3.05) is 0 Å². The van der Waals surface area contributed by atoms with Gasteiger partial charge in [-0.2, -0.15) is 0 Å². The molecule has 0 N–H and O–H groups in total. The maximum absolute atomic E-state index is 5.29. The van der Waals surface area contributed by atoms with Crippen LogP contribution >= 0.6 is 23.1 Å². The van der Waals surface area contributed by atoms with Crippen LogP contribution in [0.3, 0.4) is 0 Å². The van der Waals surface area contributed by atoms with E-state index in [4.69, 9.17) is 9.97 Å². The lowest BCUT2D eigenvalue weighted by Crippen LogP contribution is -2.32. The number of rotatable bonds is 4. The molecule has 57 heavy (non-hydrogen) atoms. The summed E-state index contributed by atoms with van der Waals surface area (Å²) in [5, 5.41) is 2.64. The molecule has 8 aromatic carbocycles. The fraction of sp³-hybridized carbons (Fsp3) is 0.0189. The van der Waals surface area contributed by atoms with Crippen LogP contribution in [0.1, 0.15) is 22.3 Å². The molecule has 1 aliphatic carbocycles. The Hall–Kier alpha value is -6.59. The van der Waals surface area contributed by atoms with E-state index in [9.17, 15) is 0 Å². The molecule has 10 aromatic rings. The maximum atomic E-state index is 5.29. The molecule has 0 bridgehead atoms. The highest BCUT2D eigenvalue weighted by atomic mass is 32.2. The number of fused-ring (bicyclic) bond motifs is 12. The summed E-state index contributed by atoms with van der Waals surface area (Å²) in [5.41, 5.74) is 14.8. The van der Waals surface area contributed by atoms with Gasteiger partial charge in [-0.05, 0) is 80.9 Å². The fourth-order valence-corrected chi connectivity index (χ4v) is 11.5. The number of hydrogen-bond donors (Lipinski definition) is 0. The number of benzene rings is 8. The predicted molar refractivity (Wildman–Crippen MR) is 238 cm³/mol. The fourth-order valence-electron chi connectivity index (χ4n) is 9.21. The molecule has 12 rings (SSSR count). The van der Waals surface area contributed by atoms with Gasteiger partial charge >= 0.3 is 0 Å². The first-order valence-electron chi connectivity index (χ1n) is 19.3. The van der Waals surface area contributed by atoms with Crippen molar-refractivity contribution in [2.24, 2.45) is 0 Å². The van der Waals surface area contributed by atoms with Gasteiger partial charge in [0.05, 0.1) is 16.8 Å². The lowest BCUT2D eigenvalue weighted by atomic mass is 9.67. The third kappa shape index (κ3) is 4.98. The van der Waals surface area contributed by atoms with Crippen molar-refractivity contribution in [1.82, 2.24) is 9.97 Å². The van der Waals surface area contributed by atoms with Crippen molar-refractivity contribution >= 4 is 43.3 Å². The van der Waals surface area contributed by atoms with Crippen molar-refractivity contribution in [3.63, 3.8) is 0 Å². The molecule has 0 saturated carbocycles. The van der Waals surface area contributed by atoms with E-state index in [0.717, 1.165) is 28.1 Å². The third-order valence-electron chi connectivity index (χ3n) is 11.8. The number of aromatic nitrogens is 2. The molecule has 1 aliphatic heterocycles. The van der Waals surface area contributed by atoms with Crippen molar-refractivity contribution in [2.45, 2.75) is 15.2 Å². The Morgan fingerprint density at radius 2 is 0.930 bits per heavy atom. The molecule has 0 amide bonds. The Morgan fingerprint density at radius 1 is 0.351 bits per heavy atom. The van der Waals surface area contributed by atoms with Gasteiger partial charge in [0, 0.05) is 46.7 Å². The van der Waals surface area contributed by atoms with Crippen LogP contribution in [0.4, 0.5) is 0 Å². The molecule has 2 aromatic heterocycles. The maximum Gasteiger partial charge on any atom is 0.160 e. The van der Waals surface area contributed by atoms with Crippen LogP contribution < -0.4 is 0 Å². The van der Waals surface area contributed by atoms with Crippen LogP contribution in [0, 0.1) is 0 Å². The zero-order valence-corrected chi connectivity index (χ0v) is 32.3. The van der Waals surface area contributed by atoms with E-state index in [1.165, 1.54) is 74.5 Å². The first kappa shape index (κ1) is 32.6. The molecule has 0 unspecified atom stereocenters. The molecule has 0 fully saturated rings. The van der Waals surface area contributed by atoms with Gasteiger partial charge in [-0.25, -0.2) is 9.97 Å². The van der Waals surface area contributed by atoms with E-state index >= 15 is 0 Å². The van der Waals surface area contributed by atoms with Crippen molar-refractivity contribution in [1.29, 1.82) is 0 Å². The zero-order valence-electron chi connectivity index (χ0n) is 30.7. The Labute approximate surface area is 339 Å². The number of hydrogen-bond acceptors (Lipinski definition) is 4. The Morgan fingerprint density at radius 3 is 1.72 bits per heavy atom. The molecule has 4 heteroatoms. The summed E-state index contributed by atoms with van der Waals surface area (Å²) in [6.07, 6.45) is 0. The van der Waals surface area contributed by atoms with Gasteiger partial charge in [-0.3, -0.25) is 0 Å². The van der Waals surface area contributed by atoms with Gasteiger partial charge in [0.1, 0.15) is 0 Å². The van der Waals surface area contributed by atoms with Gasteiger partial charge in [-0.1, -0.05) is 169 Å². The predicted octanol–water partition coefficient (Wildman–Crippen LogP) is 14.3. The molecular formula is C53H32N2S2. The molecule has 3 heterocycles. The average Bonchev–Trinajstić information content (AvgIpc) is 3.80. The van der Waals surface area contributed by atoms with E-state index in [2.05, 4.69) is 188 Å². The van der Waals surface area contributed by atoms with E-state index < -0.39 is 5.41 Å². The molecule has 266 valence electrons. The third-order valence-corrected chi connectivity index (χ3v) is 14.1. The smallest absolute Gasteiger partial charge is 0.160 e. The Balaban J connectivity index is 1.01. The summed E-state index contributed by atoms with van der Waals surface area (Å²) < 4.78 is 2.63. The summed E-state index contributed by atoms with van der Waals surface area (Å²) in [7, 11) is 0. The van der Waals surface area contributed by atoms with Crippen molar-refractivity contribution in [3.05, 3.63) is 216 Å². The van der Waals surface area contributed by atoms with Crippen LogP contribution in [0.5, 0.6) is 0 Å². The molecule has 2 nitrogen and oxygen atoms in total. The van der Waals surface area contributed by atoms with Gasteiger partial charge in [0.15, 0.2) is 5.82 Å². The van der Waals surface area contributed by atoms with Crippen molar-refractivity contribution in [3.8, 4) is 56.2 Å². The average molecular weight is 761 g/mol. The standard InChI is InChI=1S/C53H32N2S2/c1-2-12-35(13-3-1)52-54-46(34-24-22-33(23-25-34)36-26-28-41-40-16-6-10-20-48(40)56-51(41)31-36)32-47(55-52)37-27-29-50-45(30-37)53(44-19-9-11-21-49(44)57-50)42-17-7-4-14-38(42)39-15-5-8-18-43(39)53/h1-32H. The van der Waals surface area contributed by atoms with Crippen LogP contribution in [-0.4, -0.2) is 9.97 Å². The van der Waals surface area contributed by atoms with Crippen LogP contribution in [0.25, 0.3) is 76.3 Å². The summed E-state index contributed by atoms with van der Waals surface area (Å²) in [5.74, 6) is 0.714. The highest BCUT2D eigenvalue weighted by molar-refractivity contribution is 7.99. The summed E-state index contributed by atoms with van der Waals surface area (Å²) in [6.45, 7) is 0. The van der Waals surface area contributed by atoms with Gasteiger partial charge in [0.2, 0.25) is 0 Å². The molecular weight excluding hydrogens is 729 g/mol. The zero-order chi connectivity index (χ0) is 37.5. The first-order chi connectivity index (χ1) is 28.2. The summed E-state index contributed by atoms with van der Waals surface area (Å²) in [6, 6.07) is 70.7. The molecule has 0 radical (unpaired) electrons. The summed E-state index contributed by atoms with van der Waals surface area (Å²) in [4.78, 5) is 13.1. The number of nitrogens with zero attached hydrogens (tertiary/aromatic N) is 2. The molecule has 0 atom stereocenters. The normalized spacial score (nSPS) is 13.3. The second-order valence-corrected chi connectivity index (χ2v) is 17.0. The number of thiophene rings is 1. The van der Waals surface area contributed by atoms with Crippen LogP contribution in [0.2, 0.25) is 0 Å². The topological polar surface area (TPSA) is 25.8 Å². The monoisotopic (exact) mass is 760 g/mol. The lowest BCUT2D eigenvalue weighted by molar-refractivity contribution is 0.722. The van der Waals surface area contributed by atoms with Crippen LogP contribution in [-0.2, 0) is 5.41 Å². The minimum atomic E-state index is -0.451. The first-order valence-corrected chi connectivity index (χ1v) is 20.9.